The van der Waals surface area contributed by atoms with E-state index in [-0.39, 0.29) is 12.0 Å². The molecule has 0 radical (unpaired) electrons. The van der Waals surface area contributed by atoms with Crippen molar-refractivity contribution in [2.45, 2.75) is 32.7 Å². The summed E-state index contributed by atoms with van der Waals surface area (Å²) >= 11 is 0. The maximum absolute atomic E-state index is 13.0. The van der Waals surface area contributed by atoms with E-state index in [0.29, 0.717) is 12.2 Å². The third-order valence-electron chi connectivity index (χ3n) is 4.71. The highest BCUT2D eigenvalue weighted by Crippen LogP contribution is 2.40. The molecule has 0 fully saturated rings. The molecule has 1 aliphatic rings. The van der Waals surface area contributed by atoms with Gasteiger partial charge in [0.1, 0.15) is 0 Å². The second-order valence-corrected chi connectivity index (χ2v) is 6.47. The Hall–Kier alpha value is -3.15. The summed E-state index contributed by atoms with van der Waals surface area (Å²) in [5, 5.41) is 3.39. The van der Waals surface area contributed by atoms with Crippen LogP contribution in [0.25, 0.3) is 11.0 Å². The van der Waals surface area contributed by atoms with Gasteiger partial charge in [0.25, 0.3) is 0 Å². The van der Waals surface area contributed by atoms with E-state index in [1.54, 1.807) is 12.4 Å². The van der Waals surface area contributed by atoms with Gasteiger partial charge in [0.15, 0.2) is 0 Å². The summed E-state index contributed by atoms with van der Waals surface area (Å²) in [7, 11) is 0. The number of anilines is 1. The highest BCUT2D eigenvalue weighted by atomic mass is 16.5. The highest BCUT2D eigenvalue weighted by molar-refractivity contribution is 5.94. The van der Waals surface area contributed by atoms with Crippen LogP contribution >= 0.6 is 0 Å². The Morgan fingerprint density at radius 2 is 2.07 bits per heavy atom. The van der Waals surface area contributed by atoms with Crippen LogP contribution in [0.3, 0.4) is 0 Å². The molecule has 0 saturated heterocycles. The first-order valence-corrected chi connectivity index (χ1v) is 9.28. The van der Waals surface area contributed by atoms with Crippen molar-refractivity contribution in [1.82, 2.24) is 14.5 Å². The molecule has 1 N–H and O–H groups in total. The number of esters is 1. The van der Waals surface area contributed by atoms with Crippen molar-refractivity contribution in [2.75, 3.05) is 11.9 Å². The Morgan fingerprint density at radius 3 is 2.81 bits per heavy atom. The quantitative estimate of drug-likeness (QED) is 0.693. The number of ether oxygens (including phenoxy) is 1. The van der Waals surface area contributed by atoms with E-state index < -0.39 is 0 Å². The number of pyridine rings is 1. The molecule has 0 saturated carbocycles. The SMILES string of the molecule is CCCC1=C(C(=O)OCC)[C@H](c2cccnc2)n2c(nc3ccccc32)N1. The molecule has 6 nitrogen and oxygen atoms in total. The van der Waals surface area contributed by atoms with Crippen molar-refractivity contribution in [3.05, 3.63) is 65.6 Å². The Kier molecular flexibility index (Phi) is 4.62. The van der Waals surface area contributed by atoms with Gasteiger partial charge in [-0.25, -0.2) is 9.78 Å². The summed E-state index contributed by atoms with van der Waals surface area (Å²) in [6, 6.07) is 11.5. The van der Waals surface area contributed by atoms with Gasteiger partial charge in [-0.2, -0.15) is 0 Å². The summed E-state index contributed by atoms with van der Waals surface area (Å²) in [5.74, 6) is 0.437. The second kappa shape index (κ2) is 7.23. The summed E-state index contributed by atoms with van der Waals surface area (Å²) < 4.78 is 7.49. The first-order chi connectivity index (χ1) is 13.2. The minimum absolute atomic E-state index is 0.300. The number of imidazole rings is 1. The molecule has 2 aromatic heterocycles. The fourth-order valence-electron chi connectivity index (χ4n) is 3.63. The van der Waals surface area contributed by atoms with Gasteiger partial charge in [0, 0.05) is 18.1 Å². The van der Waals surface area contributed by atoms with Crippen LogP contribution in [0.2, 0.25) is 0 Å². The fourth-order valence-corrected chi connectivity index (χ4v) is 3.63. The summed E-state index contributed by atoms with van der Waals surface area (Å²) in [5.41, 5.74) is 4.27. The maximum atomic E-state index is 13.0. The topological polar surface area (TPSA) is 69.0 Å². The van der Waals surface area contributed by atoms with Gasteiger partial charge in [0.05, 0.1) is 29.3 Å². The second-order valence-electron chi connectivity index (χ2n) is 6.47. The Labute approximate surface area is 157 Å². The van der Waals surface area contributed by atoms with Gasteiger partial charge in [0.2, 0.25) is 5.95 Å². The van der Waals surface area contributed by atoms with E-state index in [1.807, 2.05) is 43.3 Å². The fraction of sp³-hybridized carbons (Fsp3) is 0.286. The Bertz CT molecular complexity index is 1010. The normalized spacial score (nSPS) is 16.1. The number of aromatic nitrogens is 3. The van der Waals surface area contributed by atoms with Crippen LogP contribution in [0.4, 0.5) is 5.95 Å². The Morgan fingerprint density at radius 1 is 1.22 bits per heavy atom. The highest BCUT2D eigenvalue weighted by Gasteiger charge is 2.35. The van der Waals surface area contributed by atoms with Crippen LogP contribution in [-0.2, 0) is 9.53 Å². The number of carbonyl (C=O) groups excluding carboxylic acids is 1. The minimum Gasteiger partial charge on any atom is -0.463 e. The number of allylic oxidation sites excluding steroid dienone is 1. The van der Waals surface area contributed by atoms with Crippen molar-refractivity contribution >= 4 is 23.0 Å². The maximum Gasteiger partial charge on any atom is 0.338 e. The third-order valence-corrected chi connectivity index (χ3v) is 4.71. The van der Waals surface area contributed by atoms with Crippen molar-refractivity contribution in [3.63, 3.8) is 0 Å². The molecule has 0 unspecified atom stereocenters. The number of para-hydroxylation sites is 2. The van der Waals surface area contributed by atoms with Gasteiger partial charge < -0.3 is 10.1 Å². The molecule has 138 valence electrons. The van der Waals surface area contributed by atoms with Gasteiger partial charge in [-0.05, 0) is 37.1 Å². The summed E-state index contributed by atoms with van der Waals surface area (Å²) in [6.07, 6.45) is 5.19. The van der Waals surface area contributed by atoms with Crippen molar-refractivity contribution in [1.29, 1.82) is 0 Å². The number of benzene rings is 1. The van der Waals surface area contributed by atoms with Gasteiger partial charge >= 0.3 is 5.97 Å². The zero-order valence-corrected chi connectivity index (χ0v) is 15.5. The van der Waals surface area contributed by atoms with Gasteiger partial charge in [-0.3, -0.25) is 9.55 Å². The largest absolute Gasteiger partial charge is 0.463 e. The molecule has 4 rings (SSSR count). The molecular weight excluding hydrogens is 340 g/mol. The van der Waals surface area contributed by atoms with Crippen molar-refractivity contribution in [2.24, 2.45) is 0 Å². The number of fused-ring (bicyclic) bond motifs is 3. The zero-order valence-electron chi connectivity index (χ0n) is 15.5. The molecular formula is C21H22N4O2. The lowest BCUT2D eigenvalue weighted by molar-refractivity contribution is -0.139. The number of rotatable bonds is 5. The van der Waals surface area contributed by atoms with Crippen LogP contribution in [0.15, 0.2) is 60.1 Å². The molecule has 6 heteroatoms. The molecule has 3 heterocycles. The number of nitrogens with one attached hydrogen (secondary N) is 1. The standard InChI is InChI=1S/C21H22N4O2/c1-3-8-16-18(20(26)27-4-2)19(14-9-7-12-22-13-14)25-17-11-6-5-10-15(17)23-21(25)24-16/h5-7,9-13,19H,3-4,8H2,1-2H3,(H,23,24)/t19-/m0/s1. The molecule has 0 aliphatic carbocycles. The van der Waals surface area contributed by atoms with Crippen molar-refractivity contribution < 1.29 is 9.53 Å². The summed E-state index contributed by atoms with van der Waals surface area (Å²) in [6.45, 7) is 4.25. The van der Waals surface area contributed by atoms with Crippen LogP contribution in [0.5, 0.6) is 0 Å². The third kappa shape index (κ3) is 2.97. The Balaban J connectivity index is 1.99. The van der Waals surface area contributed by atoms with E-state index in [0.717, 1.165) is 41.1 Å². The van der Waals surface area contributed by atoms with Crippen molar-refractivity contribution in [3.8, 4) is 0 Å². The van der Waals surface area contributed by atoms with E-state index in [9.17, 15) is 4.79 Å². The molecule has 3 aromatic rings. The molecule has 0 bridgehead atoms. The number of nitrogens with zero attached hydrogens (tertiary/aromatic N) is 3. The van der Waals surface area contributed by atoms with Crippen LogP contribution in [0, 0.1) is 0 Å². The smallest absolute Gasteiger partial charge is 0.338 e. The predicted octanol–water partition coefficient (Wildman–Crippen LogP) is 4.06. The van der Waals surface area contributed by atoms with E-state index in [2.05, 4.69) is 21.8 Å². The van der Waals surface area contributed by atoms with E-state index in [1.165, 1.54) is 0 Å². The monoisotopic (exact) mass is 362 g/mol. The average Bonchev–Trinajstić information content (AvgIpc) is 3.06. The average molecular weight is 362 g/mol. The van der Waals surface area contributed by atoms with Gasteiger partial charge in [-0.1, -0.05) is 31.5 Å². The predicted molar refractivity (Wildman–Crippen MR) is 104 cm³/mol. The molecule has 1 aromatic carbocycles. The van der Waals surface area contributed by atoms with Crippen LogP contribution in [0.1, 0.15) is 38.3 Å². The molecule has 1 aliphatic heterocycles. The van der Waals surface area contributed by atoms with Gasteiger partial charge in [-0.15, -0.1) is 0 Å². The lowest BCUT2D eigenvalue weighted by Crippen LogP contribution is -2.29. The first-order valence-electron chi connectivity index (χ1n) is 9.28. The van der Waals surface area contributed by atoms with Crippen LogP contribution in [-0.4, -0.2) is 27.1 Å². The summed E-state index contributed by atoms with van der Waals surface area (Å²) in [4.78, 5) is 22.0. The van der Waals surface area contributed by atoms with E-state index in [4.69, 9.17) is 9.72 Å². The van der Waals surface area contributed by atoms with Crippen LogP contribution < -0.4 is 5.32 Å². The lowest BCUT2D eigenvalue weighted by atomic mass is 9.94. The number of carbonyl (C=O) groups is 1. The molecule has 0 spiro atoms. The molecule has 27 heavy (non-hydrogen) atoms. The zero-order chi connectivity index (χ0) is 18.8. The lowest BCUT2D eigenvalue weighted by Gasteiger charge is -2.31. The van der Waals surface area contributed by atoms with E-state index >= 15 is 0 Å². The molecule has 1 atom stereocenters. The first kappa shape index (κ1) is 17.3. The minimum atomic E-state index is -0.331. The number of hydrogen-bond donors (Lipinski definition) is 1. The number of hydrogen-bond acceptors (Lipinski definition) is 5. The molecule has 0 amide bonds.